The summed E-state index contributed by atoms with van der Waals surface area (Å²) in [6, 6.07) is 0. The summed E-state index contributed by atoms with van der Waals surface area (Å²) >= 11 is 1.06. The van der Waals surface area contributed by atoms with E-state index in [2.05, 4.69) is 0 Å². The Kier molecular flexibility index (Phi) is 232. The molecule has 91 valence electrons. The summed E-state index contributed by atoms with van der Waals surface area (Å²) in [5, 5.41) is 0. The summed E-state index contributed by atoms with van der Waals surface area (Å²) < 4.78 is 39.8. The molecule has 0 aromatic heterocycles. The van der Waals surface area contributed by atoms with Crippen molar-refractivity contribution in [2.45, 2.75) is 0 Å². The van der Waals surface area contributed by atoms with Gasteiger partial charge in [-0.05, 0) is 0 Å². The Morgan fingerprint density at radius 2 is 0.692 bits per heavy atom. The van der Waals surface area contributed by atoms with E-state index in [4.69, 9.17) is 21.2 Å². The Morgan fingerprint density at radius 3 is 0.692 bits per heavy atom. The fraction of sp³-hybridized carbons (Fsp3) is 0. The zero-order valence-corrected chi connectivity index (χ0v) is 8.19. The molecule has 0 spiro atoms. The van der Waals surface area contributed by atoms with Gasteiger partial charge in [-0.3, -0.25) is 9.11 Å². The Bertz CT molecular complexity index is 104. The van der Waals surface area contributed by atoms with Crippen molar-refractivity contribution in [3.63, 3.8) is 0 Å². The molecule has 13 heteroatoms. The van der Waals surface area contributed by atoms with E-state index < -0.39 is 10.4 Å². The van der Waals surface area contributed by atoms with Gasteiger partial charge in [-0.1, -0.05) is 0 Å². The van der Waals surface area contributed by atoms with Crippen LogP contribution in [0.3, 0.4) is 0 Å². The molecule has 0 aromatic rings. The van der Waals surface area contributed by atoms with E-state index in [1.165, 1.54) is 0 Å². The molecule has 0 aliphatic heterocycles. The predicted molar refractivity (Wildman–Crippen MR) is 36.5 cm³/mol. The molecule has 0 aliphatic rings. The number of hydrogen-bond acceptors (Lipinski definition) is 3. The fourth-order valence-corrected chi connectivity index (χ4v) is 0. The van der Waals surface area contributed by atoms with Crippen molar-refractivity contribution in [2.75, 3.05) is 0 Å². The standard InChI is InChI=1S/H2O4S.6H2O.O.V/c1-5(2,3)4;;;;;;;;/h(H2,1,2,3,4);6*1H2;;. The minimum atomic E-state index is -4.67. The molecule has 0 rings (SSSR count). The molecule has 0 saturated carbocycles. The maximum absolute atomic E-state index is 8.74. The first-order chi connectivity index (χ1) is 3.00. The van der Waals surface area contributed by atoms with Crippen molar-refractivity contribution in [1.82, 2.24) is 0 Å². The molecule has 0 atom stereocenters. The van der Waals surface area contributed by atoms with E-state index in [9.17, 15) is 0 Å². The molecule has 0 bridgehead atoms. The molecule has 0 fully saturated rings. The summed E-state index contributed by atoms with van der Waals surface area (Å²) in [6.45, 7) is 0. The molecule has 14 N–H and O–H groups in total. The van der Waals surface area contributed by atoms with E-state index in [1.54, 1.807) is 0 Å². The topological polar surface area (TPSA) is 281 Å². The first kappa shape index (κ1) is 74.7. The fourth-order valence-electron chi connectivity index (χ4n) is 0. The molecule has 0 radical (unpaired) electrons. The summed E-state index contributed by atoms with van der Waals surface area (Å²) in [6.07, 6.45) is 0. The maximum atomic E-state index is 8.74. The zero-order chi connectivity index (χ0) is 6.50. The van der Waals surface area contributed by atoms with Crippen molar-refractivity contribution in [3.05, 3.63) is 0 Å². The second kappa shape index (κ2) is 40.3. The van der Waals surface area contributed by atoms with E-state index in [0.717, 1.165) is 17.4 Å². The van der Waals surface area contributed by atoms with Crippen molar-refractivity contribution in [1.29, 1.82) is 0 Å². The van der Waals surface area contributed by atoms with Gasteiger partial charge in [0.25, 0.3) is 0 Å². The van der Waals surface area contributed by atoms with Crippen LogP contribution in [0.25, 0.3) is 0 Å². The van der Waals surface area contributed by atoms with Crippen molar-refractivity contribution >= 4 is 10.4 Å². The number of hydrogen-bond donors (Lipinski definition) is 2. The van der Waals surface area contributed by atoms with Crippen LogP contribution < -0.4 is 0 Å². The first-order valence-electron chi connectivity index (χ1n) is 0.881. The Labute approximate surface area is 82.4 Å². The third-order valence-corrected chi connectivity index (χ3v) is 0. The van der Waals surface area contributed by atoms with Crippen molar-refractivity contribution in [3.8, 4) is 0 Å². The van der Waals surface area contributed by atoms with Crippen LogP contribution >= 0.6 is 0 Å². The predicted octanol–water partition coefficient (Wildman–Crippen LogP) is -5.72. The Balaban J connectivity index is -0.00000000492. The summed E-state index contributed by atoms with van der Waals surface area (Å²) in [5.41, 5.74) is 0. The van der Waals surface area contributed by atoms with Gasteiger partial charge in [-0.25, -0.2) is 0 Å². The third kappa shape index (κ3) is 5800000. The molecule has 0 aromatic carbocycles. The van der Waals surface area contributed by atoms with Crippen molar-refractivity contribution in [2.24, 2.45) is 0 Å². The first-order valence-corrected chi connectivity index (χ1v) is 2.85. The normalized spacial score (nSPS) is 4.69. The van der Waals surface area contributed by atoms with E-state index in [1.807, 2.05) is 0 Å². The molecule has 0 amide bonds. The van der Waals surface area contributed by atoms with E-state index in [-0.39, 0.29) is 32.9 Å². The molecule has 0 aliphatic carbocycles. The van der Waals surface area contributed by atoms with Crippen LogP contribution in [0, 0.1) is 0 Å². The Hall–Kier alpha value is 0.0144. The summed E-state index contributed by atoms with van der Waals surface area (Å²) in [7, 11) is -4.67. The van der Waals surface area contributed by atoms with Crippen LogP contribution in [0.2, 0.25) is 0 Å². The van der Waals surface area contributed by atoms with Crippen LogP contribution in [0.1, 0.15) is 0 Å². The van der Waals surface area contributed by atoms with Gasteiger partial charge in [-0.2, -0.15) is 8.42 Å². The van der Waals surface area contributed by atoms with Gasteiger partial charge in [0.1, 0.15) is 0 Å². The van der Waals surface area contributed by atoms with Gasteiger partial charge >= 0.3 is 31.4 Å². The van der Waals surface area contributed by atoms with E-state index >= 15 is 0 Å². The summed E-state index contributed by atoms with van der Waals surface area (Å²) in [5.74, 6) is 0. The minimum absolute atomic E-state index is 0. The van der Waals surface area contributed by atoms with Crippen LogP contribution in [0.5, 0.6) is 0 Å². The zero-order valence-electron chi connectivity index (χ0n) is 5.97. The SMILES string of the molecule is O.O.O.O.O.O.O=S(=O)(O)O.[O]=[V]. The molecular weight excluding hydrogens is 259 g/mol. The van der Waals surface area contributed by atoms with Crippen LogP contribution in [-0.2, 0) is 31.4 Å². The second-order valence-corrected chi connectivity index (χ2v) is 1.34. The molecule has 0 unspecified atom stereocenters. The molecule has 0 heterocycles. The Morgan fingerprint density at radius 1 is 0.692 bits per heavy atom. The van der Waals surface area contributed by atoms with Crippen LogP contribution in [0.4, 0.5) is 0 Å². The molecule has 11 nitrogen and oxygen atoms in total. The van der Waals surface area contributed by atoms with Gasteiger partial charge in [0.2, 0.25) is 0 Å². The van der Waals surface area contributed by atoms with Crippen molar-refractivity contribution < 1.29 is 71.4 Å². The monoisotopic (exact) mass is 273 g/mol. The summed E-state index contributed by atoms with van der Waals surface area (Å²) in [4.78, 5) is 0. The van der Waals surface area contributed by atoms with Gasteiger partial charge in [0.05, 0.1) is 0 Å². The molecular formula is H14O11SV. The third-order valence-electron chi connectivity index (χ3n) is 0. The average Bonchev–Trinajstić information content (AvgIpc) is 1.36. The molecule has 0 saturated heterocycles. The quantitative estimate of drug-likeness (QED) is 0.406. The second-order valence-electron chi connectivity index (χ2n) is 0.448. The molecule has 13 heavy (non-hydrogen) atoms. The van der Waals surface area contributed by atoms with Crippen LogP contribution in [0.15, 0.2) is 0 Å². The van der Waals surface area contributed by atoms with Gasteiger partial charge < -0.3 is 32.9 Å². The van der Waals surface area contributed by atoms with E-state index in [0.29, 0.717) is 0 Å². The average molecular weight is 273 g/mol. The number of rotatable bonds is 0. The van der Waals surface area contributed by atoms with Crippen LogP contribution in [-0.4, -0.2) is 50.4 Å². The van der Waals surface area contributed by atoms with Gasteiger partial charge in [0.15, 0.2) is 0 Å². The van der Waals surface area contributed by atoms with Gasteiger partial charge in [0, 0.05) is 0 Å². The van der Waals surface area contributed by atoms with Gasteiger partial charge in [-0.15, -0.1) is 0 Å².